The van der Waals surface area contributed by atoms with E-state index in [1.54, 1.807) is 18.5 Å². The summed E-state index contributed by atoms with van der Waals surface area (Å²) in [7, 11) is 0. The summed E-state index contributed by atoms with van der Waals surface area (Å²) in [5.74, 6) is 1.77. The average Bonchev–Trinajstić information content (AvgIpc) is 2.76. The number of hydrogen-bond acceptors (Lipinski definition) is 6. The first-order valence-electron chi connectivity index (χ1n) is 5.38. The molecule has 7 heteroatoms. The molecule has 0 radical (unpaired) electrons. The van der Waals surface area contributed by atoms with Gasteiger partial charge in [0.05, 0.1) is 6.20 Å². The number of nitrogens with zero attached hydrogens (tertiary/aromatic N) is 3. The third kappa shape index (κ3) is 2.80. The fourth-order valence-electron chi connectivity index (χ4n) is 1.39. The summed E-state index contributed by atoms with van der Waals surface area (Å²) in [4.78, 5) is 12.6. The Labute approximate surface area is 110 Å². The van der Waals surface area contributed by atoms with Crippen LogP contribution < -0.4 is 11.1 Å². The van der Waals surface area contributed by atoms with Crippen molar-refractivity contribution in [3.63, 3.8) is 0 Å². The molecule has 0 aliphatic carbocycles. The minimum Gasteiger partial charge on any atom is -0.444 e. The van der Waals surface area contributed by atoms with Crippen LogP contribution in [0.1, 0.15) is 30.3 Å². The van der Waals surface area contributed by atoms with Gasteiger partial charge in [-0.15, -0.1) is 0 Å². The van der Waals surface area contributed by atoms with E-state index in [1.807, 2.05) is 13.8 Å². The average molecular weight is 263 g/mol. The second-order valence-corrected chi connectivity index (χ2v) is 4.24. The number of aromatic nitrogens is 3. The molecule has 6 nitrogen and oxygen atoms in total. The molecule has 2 aromatic rings. The standard InChI is InChI=1S/C11H13N5OS/c1-6-5-14-10(17-6)7(2)15-11-13-4-3-8(16-11)9(12)18/h3-5,7H,1-2H3,(H2,12,18)(H,13,15,16). The zero-order chi connectivity index (χ0) is 13.1. The van der Waals surface area contributed by atoms with E-state index in [2.05, 4.69) is 20.3 Å². The molecule has 2 rings (SSSR count). The highest BCUT2D eigenvalue weighted by molar-refractivity contribution is 7.80. The van der Waals surface area contributed by atoms with Crippen molar-refractivity contribution in [2.45, 2.75) is 19.9 Å². The highest BCUT2D eigenvalue weighted by Crippen LogP contribution is 2.16. The third-order valence-corrected chi connectivity index (χ3v) is 2.47. The van der Waals surface area contributed by atoms with Crippen molar-refractivity contribution in [1.29, 1.82) is 0 Å². The topological polar surface area (TPSA) is 89.9 Å². The molecule has 94 valence electrons. The Morgan fingerprint density at radius 3 is 2.89 bits per heavy atom. The maximum atomic E-state index is 5.51. The normalized spacial score (nSPS) is 12.1. The van der Waals surface area contributed by atoms with E-state index in [9.17, 15) is 0 Å². The van der Waals surface area contributed by atoms with E-state index in [-0.39, 0.29) is 11.0 Å². The van der Waals surface area contributed by atoms with Crippen LogP contribution in [0.5, 0.6) is 0 Å². The van der Waals surface area contributed by atoms with Crippen LogP contribution in [0.15, 0.2) is 22.9 Å². The molecule has 18 heavy (non-hydrogen) atoms. The molecular weight excluding hydrogens is 250 g/mol. The van der Waals surface area contributed by atoms with Crippen LogP contribution in [0.4, 0.5) is 5.95 Å². The Kier molecular flexibility index (Phi) is 3.52. The smallest absolute Gasteiger partial charge is 0.223 e. The van der Waals surface area contributed by atoms with Crippen molar-refractivity contribution in [3.8, 4) is 0 Å². The molecule has 0 aliphatic heterocycles. The molecule has 2 aromatic heterocycles. The summed E-state index contributed by atoms with van der Waals surface area (Å²) in [5, 5.41) is 3.07. The number of hydrogen-bond donors (Lipinski definition) is 2. The second kappa shape index (κ2) is 5.09. The zero-order valence-electron chi connectivity index (χ0n) is 10.0. The number of thiocarbonyl (C=S) groups is 1. The Hall–Kier alpha value is -2.02. The van der Waals surface area contributed by atoms with Gasteiger partial charge in [0.15, 0.2) is 0 Å². The van der Waals surface area contributed by atoms with Gasteiger partial charge in [-0.1, -0.05) is 12.2 Å². The summed E-state index contributed by atoms with van der Waals surface area (Å²) < 4.78 is 5.42. The van der Waals surface area contributed by atoms with Gasteiger partial charge >= 0.3 is 0 Å². The van der Waals surface area contributed by atoms with Crippen molar-refractivity contribution in [2.75, 3.05) is 5.32 Å². The van der Waals surface area contributed by atoms with Crippen LogP contribution in [0.25, 0.3) is 0 Å². The lowest BCUT2D eigenvalue weighted by Crippen LogP contribution is -2.15. The van der Waals surface area contributed by atoms with Gasteiger partial charge in [0, 0.05) is 6.20 Å². The third-order valence-electron chi connectivity index (χ3n) is 2.26. The molecule has 1 atom stereocenters. The minimum atomic E-state index is -0.139. The van der Waals surface area contributed by atoms with Crippen LogP contribution in [-0.2, 0) is 0 Å². The second-order valence-electron chi connectivity index (χ2n) is 3.80. The molecule has 0 aliphatic rings. The number of nitrogens with one attached hydrogen (secondary N) is 1. The number of anilines is 1. The highest BCUT2D eigenvalue weighted by atomic mass is 32.1. The van der Waals surface area contributed by atoms with Crippen molar-refractivity contribution < 1.29 is 4.42 Å². The number of nitrogens with two attached hydrogens (primary N) is 1. The largest absolute Gasteiger partial charge is 0.444 e. The molecule has 1 unspecified atom stereocenters. The summed E-state index contributed by atoms with van der Waals surface area (Å²) in [6.07, 6.45) is 3.26. The summed E-state index contributed by atoms with van der Waals surface area (Å²) in [6.45, 7) is 3.75. The number of oxazole rings is 1. The summed E-state index contributed by atoms with van der Waals surface area (Å²) in [6, 6.07) is 1.52. The zero-order valence-corrected chi connectivity index (χ0v) is 10.9. The SMILES string of the molecule is Cc1cnc(C(C)Nc2nccc(C(N)=S)n2)o1. The first-order chi connectivity index (χ1) is 8.56. The van der Waals surface area contributed by atoms with Crippen LogP contribution in [0, 0.1) is 6.92 Å². The minimum absolute atomic E-state index is 0.139. The highest BCUT2D eigenvalue weighted by Gasteiger charge is 2.12. The molecule has 0 aromatic carbocycles. The number of aryl methyl sites for hydroxylation is 1. The molecule has 0 bridgehead atoms. The Balaban J connectivity index is 2.14. The Morgan fingerprint density at radius 2 is 2.28 bits per heavy atom. The van der Waals surface area contributed by atoms with Gasteiger partial charge in [-0.05, 0) is 19.9 Å². The first kappa shape index (κ1) is 12.4. The van der Waals surface area contributed by atoms with Crippen molar-refractivity contribution >= 4 is 23.2 Å². The van der Waals surface area contributed by atoms with Gasteiger partial charge in [0.1, 0.15) is 22.5 Å². The fraction of sp³-hybridized carbons (Fsp3) is 0.273. The Morgan fingerprint density at radius 1 is 1.50 bits per heavy atom. The lowest BCUT2D eigenvalue weighted by Gasteiger charge is -2.10. The van der Waals surface area contributed by atoms with E-state index in [4.69, 9.17) is 22.4 Å². The summed E-state index contributed by atoms with van der Waals surface area (Å²) >= 11 is 4.86. The maximum Gasteiger partial charge on any atom is 0.223 e. The van der Waals surface area contributed by atoms with Crippen LogP contribution in [-0.4, -0.2) is 19.9 Å². The van der Waals surface area contributed by atoms with Gasteiger partial charge in [0.25, 0.3) is 0 Å². The lowest BCUT2D eigenvalue weighted by molar-refractivity contribution is 0.453. The number of rotatable bonds is 4. The molecule has 0 saturated heterocycles. The molecule has 0 amide bonds. The molecule has 3 N–H and O–H groups in total. The van der Waals surface area contributed by atoms with E-state index in [1.165, 1.54) is 0 Å². The van der Waals surface area contributed by atoms with E-state index >= 15 is 0 Å². The maximum absolute atomic E-state index is 5.51. The van der Waals surface area contributed by atoms with Gasteiger partial charge in [0.2, 0.25) is 11.8 Å². The van der Waals surface area contributed by atoms with Crippen molar-refractivity contribution in [1.82, 2.24) is 15.0 Å². The van der Waals surface area contributed by atoms with Crippen LogP contribution in [0.3, 0.4) is 0 Å². The van der Waals surface area contributed by atoms with E-state index < -0.39 is 0 Å². The fourth-order valence-corrected chi connectivity index (χ4v) is 1.51. The van der Waals surface area contributed by atoms with Crippen molar-refractivity contribution in [3.05, 3.63) is 35.8 Å². The first-order valence-corrected chi connectivity index (χ1v) is 5.79. The molecule has 2 heterocycles. The van der Waals surface area contributed by atoms with Gasteiger partial charge in [-0.25, -0.2) is 15.0 Å². The Bertz CT molecular complexity index is 568. The molecule has 0 spiro atoms. The molecule has 0 fully saturated rings. The van der Waals surface area contributed by atoms with Crippen LogP contribution in [0.2, 0.25) is 0 Å². The predicted octanol–water partition coefficient (Wildman–Crippen LogP) is 1.58. The molecular formula is C11H13N5OS. The van der Waals surface area contributed by atoms with Gasteiger partial charge < -0.3 is 15.5 Å². The van der Waals surface area contributed by atoms with Gasteiger partial charge in [-0.3, -0.25) is 0 Å². The van der Waals surface area contributed by atoms with Crippen LogP contribution >= 0.6 is 12.2 Å². The lowest BCUT2D eigenvalue weighted by atomic mass is 10.3. The van der Waals surface area contributed by atoms with E-state index in [0.29, 0.717) is 17.5 Å². The van der Waals surface area contributed by atoms with E-state index in [0.717, 1.165) is 5.76 Å². The predicted molar refractivity (Wildman–Crippen MR) is 71.2 cm³/mol. The summed E-state index contributed by atoms with van der Waals surface area (Å²) in [5.41, 5.74) is 6.04. The van der Waals surface area contributed by atoms with Gasteiger partial charge in [-0.2, -0.15) is 0 Å². The molecule has 0 saturated carbocycles. The van der Waals surface area contributed by atoms with Crippen molar-refractivity contribution in [2.24, 2.45) is 5.73 Å². The quantitative estimate of drug-likeness (QED) is 0.809. The monoisotopic (exact) mass is 263 g/mol.